The minimum atomic E-state index is -0.127. The van der Waals surface area contributed by atoms with Crippen molar-refractivity contribution in [1.82, 2.24) is 5.32 Å². The molecule has 0 aliphatic heterocycles. The van der Waals surface area contributed by atoms with Crippen LogP contribution in [0.5, 0.6) is 0 Å². The van der Waals surface area contributed by atoms with Crippen LogP contribution in [0.4, 0.5) is 0 Å². The molecule has 5 heteroatoms. The minimum Gasteiger partial charge on any atom is -0.458 e. The first kappa shape index (κ1) is 13.9. The summed E-state index contributed by atoms with van der Waals surface area (Å²) in [5.74, 6) is 1.46. The number of thiophene rings is 2. The zero-order chi connectivity index (χ0) is 14.5. The van der Waals surface area contributed by atoms with Crippen LogP contribution in [0.15, 0.2) is 57.7 Å². The molecular weight excluding hydrogens is 302 g/mol. The first-order valence-corrected chi connectivity index (χ1v) is 8.19. The molecule has 3 nitrogen and oxygen atoms in total. The Hall–Kier alpha value is -2.11. The van der Waals surface area contributed by atoms with Gasteiger partial charge in [-0.2, -0.15) is 0 Å². The van der Waals surface area contributed by atoms with Gasteiger partial charge in [-0.05, 0) is 41.1 Å². The van der Waals surface area contributed by atoms with Crippen molar-refractivity contribution < 1.29 is 9.21 Å². The van der Waals surface area contributed by atoms with E-state index < -0.39 is 0 Å². The standard InChI is InChI=1S/C16H13NO2S2/c18-16(8-6-13-3-1-9-20-13)17-11-12-5-7-14(19-12)15-4-2-10-21-15/h1-10H,11H2,(H,17,18)/b8-6+. The Kier molecular flexibility index (Phi) is 4.33. The molecule has 0 radical (unpaired) electrons. The molecule has 1 amide bonds. The van der Waals surface area contributed by atoms with E-state index in [-0.39, 0.29) is 5.91 Å². The number of hydrogen-bond donors (Lipinski definition) is 1. The summed E-state index contributed by atoms with van der Waals surface area (Å²) in [6.45, 7) is 0.388. The van der Waals surface area contributed by atoms with Crippen molar-refractivity contribution in [3.8, 4) is 10.6 Å². The van der Waals surface area contributed by atoms with Crippen LogP contribution in [0.2, 0.25) is 0 Å². The highest BCUT2D eigenvalue weighted by atomic mass is 32.1. The number of amides is 1. The molecule has 106 valence electrons. The van der Waals surface area contributed by atoms with Gasteiger partial charge >= 0.3 is 0 Å². The van der Waals surface area contributed by atoms with Crippen LogP contribution in [-0.2, 0) is 11.3 Å². The molecule has 0 spiro atoms. The largest absolute Gasteiger partial charge is 0.458 e. The van der Waals surface area contributed by atoms with Crippen molar-refractivity contribution in [1.29, 1.82) is 0 Å². The zero-order valence-corrected chi connectivity index (χ0v) is 12.7. The van der Waals surface area contributed by atoms with Gasteiger partial charge in [-0.1, -0.05) is 12.1 Å². The van der Waals surface area contributed by atoms with Gasteiger partial charge in [-0.3, -0.25) is 4.79 Å². The van der Waals surface area contributed by atoms with Crippen molar-refractivity contribution in [2.24, 2.45) is 0 Å². The second-order valence-electron chi connectivity index (χ2n) is 4.31. The van der Waals surface area contributed by atoms with Crippen LogP contribution in [0.3, 0.4) is 0 Å². The first-order valence-electron chi connectivity index (χ1n) is 6.43. The van der Waals surface area contributed by atoms with Gasteiger partial charge in [0, 0.05) is 11.0 Å². The van der Waals surface area contributed by atoms with Crippen LogP contribution in [-0.4, -0.2) is 5.91 Å². The van der Waals surface area contributed by atoms with Gasteiger partial charge < -0.3 is 9.73 Å². The van der Waals surface area contributed by atoms with Gasteiger partial charge in [0.25, 0.3) is 0 Å². The number of furan rings is 1. The van der Waals surface area contributed by atoms with E-state index in [0.29, 0.717) is 6.54 Å². The summed E-state index contributed by atoms with van der Waals surface area (Å²) in [6.07, 6.45) is 3.34. The average molecular weight is 315 g/mol. The van der Waals surface area contributed by atoms with E-state index in [4.69, 9.17) is 4.42 Å². The van der Waals surface area contributed by atoms with Crippen LogP contribution >= 0.6 is 22.7 Å². The molecule has 0 atom stereocenters. The molecule has 0 saturated carbocycles. The van der Waals surface area contributed by atoms with Gasteiger partial charge in [-0.25, -0.2) is 0 Å². The van der Waals surface area contributed by atoms with Crippen molar-refractivity contribution >= 4 is 34.7 Å². The smallest absolute Gasteiger partial charge is 0.244 e. The molecule has 3 aromatic rings. The Balaban J connectivity index is 1.54. The minimum absolute atomic E-state index is 0.127. The molecule has 3 aromatic heterocycles. The lowest BCUT2D eigenvalue weighted by molar-refractivity contribution is -0.116. The number of carbonyl (C=O) groups is 1. The van der Waals surface area contributed by atoms with E-state index in [0.717, 1.165) is 21.3 Å². The lowest BCUT2D eigenvalue weighted by Crippen LogP contribution is -2.19. The van der Waals surface area contributed by atoms with Crippen molar-refractivity contribution in [2.75, 3.05) is 0 Å². The maximum atomic E-state index is 11.7. The van der Waals surface area contributed by atoms with E-state index in [1.54, 1.807) is 28.7 Å². The van der Waals surface area contributed by atoms with Gasteiger partial charge in [0.15, 0.2) is 0 Å². The molecule has 0 aromatic carbocycles. The first-order chi connectivity index (χ1) is 10.3. The zero-order valence-electron chi connectivity index (χ0n) is 11.1. The Bertz CT molecular complexity index is 724. The highest BCUT2D eigenvalue weighted by molar-refractivity contribution is 7.13. The third-order valence-corrected chi connectivity index (χ3v) is 4.53. The number of hydrogen-bond acceptors (Lipinski definition) is 4. The van der Waals surface area contributed by atoms with Crippen molar-refractivity contribution in [2.45, 2.75) is 6.54 Å². The highest BCUT2D eigenvalue weighted by Crippen LogP contribution is 2.26. The number of carbonyl (C=O) groups excluding carboxylic acids is 1. The number of nitrogens with one attached hydrogen (secondary N) is 1. The third-order valence-electron chi connectivity index (χ3n) is 2.80. The van der Waals surface area contributed by atoms with E-state index >= 15 is 0 Å². The summed E-state index contributed by atoms with van der Waals surface area (Å²) in [5, 5.41) is 6.80. The molecule has 0 fully saturated rings. The van der Waals surface area contributed by atoms with E-state index in [1.807, 2.05) is 47.2 Å². The second kappa shape index (κ2) is 6.56. The molecule has 0 bridgehead atoms. The van der Waals surface area contributed by atoms with Crippen LogP contribution in [0.1, 0.15) is 10.6 Å². The Labute approximate surface area is 130 Å². The maximum absolute atomic E-state index is 11.7. The molecule has 21 heavy (non-hydrogen) atoms. The summed E-state index contributed by atoms with van der Waals surface area (Å²) in [7, 11) is 0. The molecule has 0 unspecified atom stereocenters. The third kappa shape index (κ3) is 3.71. The van der Waals surface area contributed by atoms with Crippen LogP contribution in [0.25, 0.3) is 16.7 Å². The van der Waals surface area contributed by atoms with Crippen LogP contribution < -0.4 is 5.32 Å². The van der Waals surface area contributed by atoms with Gasteiger partial charge in [0.1, 0.15) is 11.5 Å². The maximum Gasteiger partial charge on any atom is 0.244 e. The lowest BCUT2D eigenvalue weighted by atomic mass is 10.3. The monoisotopic (exact) mass is 315 g/mol. The van der Waals surface area contributed by atoms with E-state index in [9.17, 15) is 4.79 Å². The predicted molar refractivity (Wildman–Crippen MR) is 87.2 cm³/mol. The van der Waals surface area contributed by atoms with Crippen LogP contribution in [0, 0.1) is 0 Å². The summed E-state index contributed by atoms with van der Waals surface area (Å²) >= 11 is 3.23. The quantitative estimate of drug-likeness (QED) is 0.709. The normalized spacial score (nSPS) is 11.0. The van der Waals surface area contributed by atoms with Gasteiger partial charge in [0.05, 0.1) is 11.4 Å². The molecule has 1 N–H and O–H groups in total. The highest BCUT2D eigenvalue weighted by Gasteiger charge is 2.06. The molecule has 3 heterocycles. The fraction of sp³-hybridized carbons (Fsp3) is 0.0625. The Morgan fingerprint density at radius 1 is 1.14 bits per heavy atom. The van der Waals surface area contributed by atoms with E-state index in [2.05, 4.69) is 5.32 Å². The average Bonchev–Trinajstić information content (AvgIpc) is 3.24. The fourth-order valence-electron chi connectivity index (χ4n) is 1.80. The Morgan fingerprint density at radius 3 is 2.76 bits per heavy atom. The summed E-state index contributed by atoms with van der Waals surface area (Å²) < 4.78 is 5.70. The molecule has 0 aliphatic carbocycles. The summed E-state index contributed by atoms with van der Waals surface area (Å²) in [6, 6.07) is 11.7. The molecule has 3 rings (SSSR count). The Morgan fingerprint density at radius 2 is 2.00 bits per heavy atom. The molecular formula is C16H13NO2S2. The van der Waals surface area contributed by atoms with Crippen molar-refractivity contribution in [3.63, 3.8) is 0 Å². The lowest BCUT2D eigenvalue weighted by Gasteiger charge is -1.98. The topological polar surface area (TPSA) is 42.2 Å². The molecule has 0 aliphatic rings. The summed E-state index contributed by atoms with van der Waals surface area (Å²) in [5.41, 5.74) is 0. The summed E-state index contributed by atoms with van der Waals surface area (Å²) in [4.78, 5) is 13.9. The fourth-order valence-corrected chi connectivity index (χ4v) is 3.11. The van der Waals surface area contributed by atoms with Gasteiger partial charge in [0.2, 0.25) is 5.91 Å². The van der Waals surface area contributed by atoms with Crippen molar-refractivity contribution in [3.05, 3.63) is 63.9 Å². The van der Waals surface area contributed by atoms with E-state index in [1.165, 1.54) is 6.08 Å². The molecule has 0 saturated heterocycles. The number of rotatable bonds is 5. The SMILES string of the molecule is O=C(/C=C/c1cccs1)NCc1ccc(-c2cccs2)o1. The van der Waals surface area contributed by atoms with Gasteiger partial charge in [-0.15, -0.1) is 22.7 Å². The second-order valence-corrected chi connectivity index (χ2v) is 6.24. The predicted octanol–water partition coefficient (Wildman–Crippen LogP) is 4.40.